The number of pyridine rings is 1. The molecule has 0 saturated carbocycles. The van der Waals surface area contributed by atoms with Crippen molar-refractivity contribution in [1.82, 2.24) is 4.98 Å². The van der Waals surface area contributed by atoms with Crippen LogP contribution in [0.2, 0.25) is 0 Å². The first-order valence-corrected chi connectivity index (χ1v) is 7.11. The molecule has 2 rings (SSSR count). The van der Waals surface area contributed by atoms with Crippen molar-refractivity contribution in [3.63, 3.8) is 0 Å². The number of hydrogen-bond acceptors (Lipinski definition) is 3. The number of unbranched alkanes of at least 4 members (excludes halogenated alkanes) is 1. The number of aromatic nitrogens is 1. The third-order valence-corrected chi connectivity index (χ3v) is 3.42. The number of benzene rings is 1. The van der Waals surface area contributed by atoms with Crippen molar-refractivity contribution in [2.24, 2.45) is 5.73 Å². The smallest absolute Gasteiger partial charge is 0.119 e. The lowest BCUT2D eigenvalue weighted by molar-refractivity contribution is 0.309. The quantitative estimate of drug-likeness (QED) is 0.816. The van der Waals surface area contributed by atoms with Crippen LogP contribution in [-0.2, 0) is 0 Å². The van der Waals surface area contributed by atoms with Gasteiger partial charge in [-0.1, -0.05) is 25.5 Å². The number of ether oxygens (including phenoxy) is 1. The van der Waals surface area contributed by atoms with Crippen LogP contribution in [0, 0.1) is 6.92 Å². The lowest BCUT2D eigenvalue weighted by Gasteiger charge is -2.15. The molecular weight excluding hydrogens is 248 g/mol. The summed E-state index contributed by atoms with van der Waals surface area (Å²) in [5.74, 6) is 0.900. The van der Waals surface area contributed by atoms with Gasteiger partial charge < -0.3 is 10.5 Å². The fraction of sp³-hybridized carbons (Fsp3) is 0.353. The second-order valence-electron chi connectivity index (χ2n) is 4.98. The van der Waals surface area contributed by atoms with E-state index in [0.29, 0.717) is 0 Å². The van der Waals surface area contributed by atoms with Gasteiger partial charge in [0, 0.05) is 12.4 Å². The highest BCUT2D eigenvalue weighted by atomic mass is 16.5. The van der Waals surface area contributed by atoms with Crippen molar-refractivity contribution in [2.45, 2.75) is 32.7 Å². The number of nitrogens with two attached hydrogens (primary N) is 1. The highest BCUT2D eigenvalue weighted by Crippen LogP contribution is 2.23. The summed E-state index contributed by atoms with van der Waals surface area (Å²) < 4.78 is 5.66. The van der Waals surface area contributed by atoms with E-state index in [1.807, 2.05) is 36.5 Å². The Morgan fingerprint density at radius 2 is 1.95 bits per heavy atom. The first kappa shape index (κ1) is 14.5. The molecular formula is C17H22N2O. The molecule has 3 heteroatoms. The largest absolute Gasteiger partial charge is 0.494 e. The highest BCUT2D eigenvalue weighted by molar-refractivity contribution is 5.37. The number of nitrogens with zero attached hydrogens (tertiary/aromatic N) is 1. The van der Waals surface area contributed by atoms with Crippen LogP contribution in [-0.4, -0.2) is 11.6 Å². The maximum absolute atomic E-state index is 6.31. The molecule has 0 amide bonds. The molecule has 3 nitrogen and oxygen atoms in total. The molecule has 0 saturated heterocycles. The Balaban J connectivity index is 2.08. The topological polar surface area (TPSA) is 48.1 Å². The Morgan fingerprint density at radius 1 is 1.20 bits per heavy atom. The third kappa shape index (κ3) is 3.58. The summed E-state index contributed by atoms with van der Waals surface area (Å²) in [5, 5.41) is 0. The van der Waals surface area contributed by atoms with Gasteiger partial charge in [-0.15, -0.1) is 0 Å². The van der Waals surface area contributed by atoms with Crippen LogP contribution in [0.4, 0.5) is 0 Å². The predicted octanol–water partition coefficient (Wildman–Crippen LogP) is 3.62. The van der Waals surface area contributed by atoms with Gasteiger partial charge in [-0.25, -0.2) is 0 Å². The zero-order valence-electron chi connectivity index (χ0n) is 12.2. The van der Waals surface area contributed by atoms with E-state index in [-0.39, 0.29) is 6.04 Å². The maximum atomic E-state index is 6.31. The van der Waals surface area contributed by atoms with Crippen LogP contribution in [0.3, 0.4) is 0 Å². The second kappa shape index (κ2) is 7.06. The van der Waals surface area contributed by atoms with Gasteiger partial charge >= 0.3 is 0 Å². The summed E-state index contributed by atoms with van der Waals surface area (Å²) in [6.07, 6.45) is 5.85. The van der Waals surface area contributed by atoms with Crippen molar-refractivity contribution in [3.8, 4) is 5.75 Å². The highest BCUT2D eigenvalue weighted by Gasteiger charge is 2.11. The predicted molar refractivity (Wildman–Crippen MR) is 81.8 cm³/mol. The van der Waals surface area contributed by atoms with Crippen LogP contribution in [0.15, 0.2) is 42.7 Å². The van der Waals surface area contributed by atoms with Gasteiger partial charge in [0.25, 0.3) is 0 Å². The Kier molecular flexibility index (Phi) is 5.13. The van der Waals surface area contributed by atoms with Crippen molar-refractivity contribution in [3.05, 3.63) is 59.4 Å². The second-order valence-corrected chi connectivity index (χ2v) is 4.98. The summed E-state index contributed by atoms with van der Waals surface area (Å²) in [5.41, 5.74) is 9.61. The Bertz CT molecular complexity index is 537. The van der Waals surface area contributed by atoms with Gasteiger partial charge in [0.1, 0.15) is 5.75 Å². The van der Waals surface area contributed by atoms with Crippen molar-refractivity contribution >= 4 is 0 Å². The summed E-state index contributed by atoms with van der Waals surface area (Å²) in [7, 11) is 0. The average molecular weight is 270 g/mol. The standard InChI is InChI=1S/C17H22N2O/c1-3-4-11-20-15-7-5-14(6-8-15)17(18)16-12-19-10-9-13(16)2/h5-10,12,17H,3-4,11,18H2,1-2H3. The minimum Gasteiger partial charge on any atom is -0.494 e. The first-order chi connectivity index (χ1) is 9.72. The monoisotopic (exact) mass is 270 g/mol. The normalized spacial score (nSPS) is 12.2. The lowest BCUT2D eigenvalue weighted by Crippen LogP contribution is -2.13. The molecule has 0 fully saturated rings. The van der Waals surface area contributed by atoms with Crippen LogP contribution in [0.25, 0.3) is 0 Å². The molecule has 0 aliphatic heterocycles. The Labute approximate surface area is 120 Å². The lowest BCUT2D eigenvalue weighted by atomic mass is 9.98. The van der Waals surface area contributed by atoms with Gasteiger partial charge in [-0.05, 0) is 48.2 Å². The van der Waals surface area contributed by atoms with Crippen molar-refractivity contribution in [1.29, 1.82) is 0 Å². The molecule has 0 bridgehead atoms. The van der Waals surface area contributed by atoms with Crippen LogP contribution in [0.1, 0.15) is 42.5 Å². The molecule has 1 heterocycles. The van der Waals surface area contributed by atoms with Gasteiger partial charge in [-0.3, -0.25) is 4.98 Å². The van der Waals surface area contributed by atoms with E-state index in [2.05, 4.69) is 18.8 Å². The van der Waals surface area contributed by atoms with E-state index in [1.54, 1.807) is 6.20 Å². The SMILES string of the molecule is CCCCOc1ccc(C(N)c2cnccc2C)cc1. The van der Waals surface area contributed by atoms with Gasteiger partial charge in [0.15, 0.2) is 0 Å². The van der Waals surface area contributed by atoms with Crippen molar-refractivity contribution in [2.75, 3.05) is 6.61 Å². The van der Waals surface area contributed by atoms with E-state index in [9.17, 15) is 0 Å². The molecule has 1 atom stereocenters. The molecule has 106 valence electrons. The summed E-state index contributed by atoms with van der Waals surface area (Å²) in [6, 6.07) is 9.86. The molecule has 2 aromatic rings. The third-order valence-electron chi connectivity index (χ3n) is 3.42. The molecule has 1 aromatic carbocycles. The van der Waals surface area contributed by atoms with E-state index in [4.69, 9.17) is 10.5 Å². The summed E-state index contributed by atoms with van der Waals surface area (Å²) in [4.78, 5) is 4.15. The molecule has 0 spiro atoms. The molecule has 1 aromatic heterocycles. The molecule has 0 radical (unpaired) electrons. The van der Waals surface area contributed by atoms with Crippen LogP contribution in [0.5, 0.6) is 5.75 Å². The number of rotatable bonds is 6. The Morgan fingerprint density at radius 3 is 2.60 bits per heavy atom. The number of aryl methyl sites for hydroxylation is 1. The van der Waals surface area contributed by atoms with Gasteiger partial charge in [-0.2, -0.15) is 0 Å². The van der Waals surface area contributed by atoms with Crippen LogP contribution < -0.4 is 10.5 Å². The first-order valence-electron chi connectivity index (χ1n) is 7.11. The maximum Gasteiger partial charge on any atom is 0.119 e. The van der Waals surface area contributed by atoms with Crippen LogP contribution >= 0.6 is 0 Å². The molecule has 0 aliphatic carbocycles. The molecule has 0 aliphatic rings. The molecule has 1 unspecified atom stereocenters. The van der Waals surface area contributed by atoms with E-state index in [1.165, 1.54) is 0 Å². The fourth-order valence-corrected chi connectivity index (χ4v) is 2.09. The minimum atomic E-state index is -0.145. The number of hydrogen-bond donors (Lipinski definition) is 1. The molecule has 20 heavy (non-hydrogen) atoms. The summed E-state index contributed by atoms with van der Waals surface area (Å²) in [6.45, 7) is 4.98. The van der Waals surface area contributed by atoms with E-state index in [0.717, 1.165) is 41.9 Å². The van der Waals surface area contributed by atoms with Gasteiger partial charge in [0.05, 0.1) is 12.6 Å². The van der Waals surface area contributed by atoms with Crippen molar-refractivity contribution < 1.29 is 4.74 Å². The zero-order chi connectivity index (χ0) is 14.4. The summed E-state index contributed by atoms with van der Waals surface area (Å²) >= 11 is 0. The minimum absolute atomic E-state index is 0.145. The van der Waals surface area contributed by atoms with Gasteiger partial charge in [0.2, 0.25) is 0 Å². The fourth-order valence-electron chi connectivity index (χ4n) is 2.09. The average Bonchev–Trinajstić information content (AvgIpc) is 2.48. The van der Waals surface area contributed by atoms with E-state index < -0.39 is 0 Å². The Hall–Kier alpha value is -1.87. The van der Waals surface area contributed by atoms with E-state index >= 15 is 0 Å². The molecule has 2 N–H and O–H groups in total. The zero-order valence-corrected chi connectivity index (χ0v) is 12.2.